The van der Waals surface area contributed by atoms with Gasteiger partial charge in [0.15, 0.2) is 0 Å². The number of aliphatic hydroxyl groups is 1. The van der Waals surface area contributed by atoms with Gasteiger partial charge in [0, 0.05) is 11.1 Å². The van der Waals surface area contributed by atoms with E-state index in [9.17, 15) is 25.2 Å². The van der Waals surface area contributed by atoms with Gasteiger partial charge < -0.3 is 20.4 Å². The van der Waals surface area contributed by atoms with Crippen molar-refractivity contribution in [1.29, 1.82) is 0 Å². The van der Waals surface area contributed by atoms with Crippen molar-refractivity contribution in [3.05, 3.63) is 64.3 Å². The van der Waals surface area contributed by atoms with Gasteiger partial charge in [0.05, 0.1) is 5.60 Å². The number of phenolic OH excluding ortho intramolecular Hbond substituents is 2. The predicted octanol–water partition coefficient (Wildman–Crippen LogP) is 6.43. The molecule has 0 saturated heterocycles. The van der Waals surface area contributed by atoms with Crippen molar-refractivity contribution < 1.29 is 25.2 Å². The standard InChI is InChI=1S/C27H38O5/c1-19(2)9-6-12-22(26(30)31)13-7-10-20(3)11-8-15-27(5,32)16-14-23-18-24(28)21(4)17-25(23)29/h9,11,13-14,16-18,28-29,32H,6-8,10,12,15H2,1-5H3,(H,30,31)/t27-/m0/s1. The number of aromatic hydroxyl groups is 2. The predicted molar refractivity (Wildman–Crippen MR) is 131 cm³/mol. The van der Waals surface area contributed by atoms with E-state index in [0.717, 1.165) is 18.4 Å². The molecule has 1 rings (SSSR count). The molecule has 32 heavy (non-hydrogen) atoms. The Morgan fingerprint density at radius 3 is 2.25 bits per heavy atom. The van der Waals surface area contributed by atoms with Crippen LogP contribution >= 0.6 is 0 Å². The number of carboxylic acids is 1. The molecular weight excluding hydrogens is 404 g/mol. The lowest BCUT2D eigenvalue weighted by Gasteiger charge is -2.18. The number of rotatable bonds is 12. The quantitative estimate of drug-likeness (QED) is 0.170. The number of phenols is 2. The van der Waals surface area contributed by atoms with Gasteiger partial charge in [-0.3, -0.25) is 0 Å². The van der Waals surface area contributed by atoms with E-state index in [2.05, 4.69) is 6.08 Å². The maximum absolute atomic E-state index is 11.4. The normalized spacial score (nSPS) is 14.4. The average Bonchev–Trinajstić information content (AvgIpc) is 2.68. The topological polar surface area (TPSA) is 98.0 Å². The minimum absolute atomic E-state index is 0.0534. The molecule has 1 aromatic carbocycles. The second-order valence-corrected chi connectivity index (χ2v) is 8.87. The molecule has 1 atom stereocenters. The molecular formula is C27H38O5. The van der Waals surface area contributed by atoms with Gasteiger partial charge in [-0.15, -0.1) is 0 Å². The number of hydrogen-bond donors (Lipinski definition) is 4. The van der Waals surface area contributed by atoms with Crippen molar-refractivity contribution in [2.24, 2.45) is 0 Å². The Balaban J connectivity index is 2.58. The molecule has 176 valence electrons. The second-order valence-electron chi connectivity index (χ2n) is 8.87. The Kier molecular flexibility index (Phi) is 11.0. The lowest BCUT2D eigenvalue weighted by Crippen LogP contribution is -2.19. The molecule has 0 radical (unpaired) electrons. The number of carbonyl (C=O) groups is 1. The summed E-state index contributed by atoms with van der Waals surface area (Å²) >= 11 is 0. The summed E-state index contributed by atoms with van der Waals surface area (Å²) in [6.45, 7) is 9.42. The van der Waals surface area contributed by atoms with E-state index < -0.39 is 11.6 Å². The molecule has 0 saturated carbocycles. The molecule has 1 aromatic rings. The SMILES string of the molecule is CC(C)=CCCC(=CCCC(C)=CCC[C@](C)(O)C=Cc1cc(O)c(C)cc1O)C(=O)O. The maximum atomic E-state index is 11.4. The largest absolute Gasteiger partial charge is 0.508 e. The van der Waals surface area contributed by atoms with Gasteiger partial charge in [0.2, 0.25) is 0 Å². The molecule has 0 bridgehead atoms. The molecule has 0 unspecified atom stereocenters. The number of benzene rings is 1. The number of hydrogen-bond acceptors (Lipinski definition) is 4. The fourth-order valence-electron chi connectivity index (χ4n) is 3.18. The highest BCUT2D eigenvalue weighted by atomic mass is 16.4. The van der Waals surface area contributed by atoms with Crippen LogP contribution in [-0.4, -0.2) is 32.0 Å². The summed E-state index contributed by atoms with van der Waals surface area (Å²) < 4.78 is 0. The van der Waals surface area contributed by atoms with Gasteiger partial charge in [-0.25, -0.2) is 4.79 Å². The maximum Gasteiger partial charge on any atom is 0.331 e. The lowest BCUT2D eigenvalue weighted by atomic mass is 9.96. The van der Waals surface area contributed by atoms with Crippen molar-refractivity contribution >= 4 is 12.0 Å². The van der Waals surface area contributed by atoms with Crippen LogP contribution < -0.4 is 0 Å². The zero-order valence-corrected chi connectivity index (χ0v) is 20.0. The third-order valence-electron chi connectivity index (χ3n) is 5.28. The summed E-state index contributed by atoms with van der Waals surface area (Å²) in [4.78, 5) is 11.4. The Morgan fingerprint density at radius 2 is 1.62 bits per heavy atom. The van der Waals surface area contributed by atoms with Crippen LogP contribution in [0.3, 0.4) is 0 Å². The molecule has 4 N–H and O–H groups in total. The summed E-state index contributed by atoms with van der Waals surface area (Å²) in [5.41, 5.74) is 2.76. The third-order valence-corrected chi connectivity index (χ3v) is 5.28. The number of aliphatic carboxylic acids is 1. The Hall–Kier alpha value is -2.79. The molecule has 5 heteroatoms. The zero-order chi connectivity index (χ0) is 24.3. The Labute approximate surface area is 192 Å². The molecule has 0 aliphatic rings. The molecule has 0 heterocycles. The van der Waals surface area contributed by atoms with Crippen LogP contribution in [0.25, 0.3) is 6.08 Å². The Morgan fingerprint density at radius 1 is 0.969 bits per heavy atom. The first-order valence-corrected chi connectivity index (χ1v) is 11.1. The van der Waals surface area contributed by atoms with Crippen LogP contribution in [0.5, 0.6) is 11.5 Å². The minimum Gasteiger partial charge on any atom is -0.508 e. The van der Waals surface area contributed by atoms with Gasteiger partial charge >= 0.3 is 5.97 Å². The van der Waals surface area contributed by atoms with Crippen LogP contribution in [-0.2, 0) is 4.79 Å². The van der Waals surface area contributed by atoms with E-state index >= 15 is 0 Å². The molecule has 0 aliphatic carbocycles. The molecule has 0 fully saturated rings. The molecule has 0 aliphatic heterocycles. The fourth-order valence-corrected chi connectivity index (χ4v) is 3.18. The van der Waals surface area contributed by atoms with E-state index in [4.69, 9.17) is 0 Å². The van der Waals surface area contributed by atoms with Gasteiger partial charge in [0.25, 0.3) is 0 Å². The summed E-state index contributed by atoms with van der Waals surface area (Å²) in [5.74, 6) is -0.708. The van der Waals surface area contributed by atoms with E-state index in [0.29, 0.717) is 42.4 Å². The van der Waals surface area contributed by atoms with Crippen LogP contribution in [0.2, 0.25) is 0 Å². The summed E-state index contributed by atoms with van der Waals surface area (Å²) in [6.07, 6.45) is 13.0. The molecule has 5 nitrogen and oxygen atoms in total. The van der Waals surface area contributed by atoms with E-state index in [1.165, 1.54) is 17.7 Å². The summed E-state index contributed by atoms with van der Waals surface area (Å²) in [5, 5.41) is 39.7. The first kappa shape index (κ1) is 27.2. The van der Waals surface area contributed by atoms with Crippen molar-refractivity contribution in [2.75, 3.05) is 0 Å². The van der Waals surface area contributed by atoms with Gasteiger partial charge in [-0.2, -0.15) is 0 Å². The van der Waals surface area contributed by atoms with Crippen molar-refractivity contribution in [3.63, 3.8) is 0 Å². The van der Waals surface area contributed by atoms with Crippen LogP contribution in [0.15, 0.2) is 53.2 Å². The third kappa shape index (κ3) is 10.5. The van der Waals surface area contributed by atoms with E-state index in [1.807, 2.05) is 26.8 Å². The minimum atomic E-state index is -1.06. The van der Waals surface area contributed by atoms with Crippen LogP contribution in [0.4, 0.5) is 0 Å². The monoisotopic (exact) mass is 442 g/mol. The highest BCUT2D eigenvalue weighted by Crippen LogP contribution is 2.28. The number of aryl methyl sites for hydroxylation is 1. The first-order valence-electron chi connectivity index (χ1n) is 11.1. The van der Waals surface area contributed by atoms with Gasteiger partial charge in [-0.1, -0.05) is 41.5 Å². The summed E-state index contributed by atoms with van der Waals surface area (Å²) in [7, 11) is 0. The fraction of sp³-hybridized carbons (Fsp3) is 0.444. The van der Waals surface area contributed by atoms with Gasteiger partial charge in [-0.05, 0) is 90.8 Å². The van der Waals surface area contributed by atoms with Crippen molar-refractivity contribution in [1.82, 2.24) is 0 Å². The molecule has 0 spiro atoms. The van der Waals surface area contributed by atoms with Crippen LogP contribution in [0, 0.1) is 6.92 Å². The van der Waals surface area contributed by atoms with Gasteiger partial charge in [0.1, 0.15) is 11.5 Å². The molecule has 0 amide bonds. The highest BCUT2D eigenvalue weighted by Gasteiger charge is 2.15. The van der Waals surface area contributed by atoms with E-state index in [1.54, 1.807) is 32.1 Å². The number of allylic oxidation sites excluding steroid dienone is 5. The summed E-state index contributed by atoms with van der Waals surface area (Å²) in [6, 6.07) is 2.96. The zero-order valence-electron chi connectivity index (χ0n) is 20.0. The highest BCUT2D eigenvalue weighted by molar-refractivity contribution is 5.86. The Bertz CT molecular complexity index is 897. The number of carboxylic acid groups (broad SMARTS) is 1. The average molecular weight is 443 g/mol. The first-order chi connectivity index (χ1) is 14.9. The lowest BCUT2D eigenvalue weighted by molar-refractivity contribution is -0.132. The smallest absolute Gasteiger partial charge is 0.331 e. The molecule has 0 aromatic heterocycles. The van der Waals surface area contributed by atoms with E-state index in [-0.39, 0.29) is 11.5 Å². The van der Waals surface area contributed by atoms with Crippen LogP contribution in [0.1, 0.15) is 77.3 Å². The van der Waals surface area contributed by atoms with Crippen molar-refractivity contribution in [3.8, 4) is 11.5 Å². The second kappa shape index (κ2) is 12.9. The van der Waals surface area contributed by atoms with Crippen molar-refractivity contribution in [2.45, 2.75) is 78.7 Å².